The summed E-state index contributed by atoms with van der Waals surface area (Å²) in [5, 5.41) is 7.30. The average Bonchev–Trinajstić information content (AvgIpc) is 3.65. The van der Waals surface area contributed by atoms with E-state index in [0.29, 0.717) is 18.9 Å². The molecule has 1 unspecified atom stereocenters. The first-order valence-electron chi connectivity index (χ1n) is 12.3. The summed E-state index contributed by atoms with van der Waals surface area (Å²) in [7, 11) is 0. The predicted octanol–water partition coefficient (Wildman–Crippen LogP) is 2.30. The van der Waals surface area contributed by atoms with Crippen LogP contribution in [0.3, 0.4) is 0 Å². The molecule has 3 fully saturated rings. The zero-order valence-corrected chi connectivity index (χ0v) is 20.1. The van der Waals surface area contributed by atoms with Crippen molar-refractivity contribution in [2.24, 2.45) is 0 Å². The smallest absolute Gasteiger partial charge is 0.275 e. The highest BCUT2D eigenvalue weighted by Crippen LogP contribution is 2.35. The normalized spacial score (nSPS) is 23.6. The number of ether oxygens (including phenoxy) is 2. The van der Waals surface area contributed by atoms with Crippen LogP contribution < -0.4 is 20.4 Å². The van der Waals surface area contributed by atoms with Crippen LogP contribution in [0.4, 0.5) is 16.6 Å². The molecule has 2 aromatic rings. The number of piperidine rings is 1. The fraction of sp³-hybridized carbons (Fsp3) is 0.609. The summed E-state index contributed by atoms with van der Waals surface area (Å²) in [5.74, 6) is 0.592. The number of aromatic nitrogens is 2. The quantitative estimate of drug-likeness (QED) is 0.661. The Morgan fingerprint density at radius 1 is 1.00 bits per heavy atom. The molecule has 6 rings (SSSR count). The van der Waals surface area contributed by atoms with E-state index in [-0.39, 0.29) is 12.3 Å². The molecule has 11 heteroatoms. The lowest BCUT2D eigenvalue weighted by molar-refractivity contribution is -0.113. The van der Waals surface area contributed by atoms with E-state index in [4.69, 9.17) is 19.4 Å². The van der Waals surface area contributed by atoms with E-state index in [9.17, 15) is 4.79 Å². The van der Waals surface area contributed by atoms with Gasteiger partial charge in [0, 0.05) is 39.3 Å². The van der Waals surface area contributed by atoms with Gasteiger partial charge >= 0.3 is 0 Å². The molecule has 0 saturated carbocycles. The van der Waals surface area contributed by atoms with Gasteiger partial charge in [0.1, 0.15) is 12.0 Å². The van der Waals surface area contributed by atoms with Crippen LogP contribution in [-0.2, 0) is 14.3 Å². The van der Waals surface area contributed by atoms with Crippen LogP contribution in [0, 0.1) is 0 Å². The first kappa shape index (κ1) is 21.9. The maximum absolute atomic E-state index is 13.2. The number of fused-ring (bicyclic) bond motifs is 1. The van der Waals surface area contributed by atoms with Crippen molar-refractivity contribution in [3.63, 3.8) is 0 Å². The monoisotopic (exact) mass is 485 g/mol. The third-order valence-electron chi connectivity index (χ3n) is 6.85. The molecule has 6 heterocycles. The summed E-state index contributed by atoms with van der Waals surface area (Å²) in [6.07, 6.45) is 7.08. The van der Waals surface area contributed by atoms with E-state index in [0.717, 1.165) is 91.9 Å². The van der Waals surface area contributed by atoms with E-state index in [2.05, 4.69) is 25.3 Å². The summed E-state index contributed by atoms with van der Waals surface area (Å²) < 4.78 is 12.2. The van der Waals surface area contributed by atoms with E-state index in [1.807, 2.05) is 6.07 Å². The molecular formula is C23H31N7O3S. The molecule has 0 spiro atoms. The first-order valence-corrected chi connectivity index (χ1v) is 13.1. The number of nitrogens with one attached hydrogen (secondary N) is 2. The average molecular weight is 486 g/mol. The highest BCUT2D eigenvalue weighted by Gasteiger charge is 2.30. The number of rotatable bonds is 5. The first-order chi connectivity index (χ1) is 16.7. The second-order valence-corrected chi connectivity index (χ2v) is 10.2. The number of hydrogen-bond donors (Lipinski definition) is 2. The standard InChI is InChI=1S/C23H31N7O3S/c31-21(17-15-33-22(25-17)29-8-4-5-9-29)24-16-14-18-19(26-20(16)28-6-2-1-3-7-28)27-23(34-18)30-10-12-32-13-11-30/h14-15,22,25H,1-13H2,(H,24,31). The van der Waals surface area contributed by atoms with Crippen LogP contribution in [0.25, 0.3) is 10.3 Å². The molecule has 0 bridgehead atoms. The number of carbonyl (C=O) groups excluding carboxylic acids is 1. The number of likely N-dealkylation sites (tertiary alicyclic amines) is 1. The number of morpholine rings is 1. The largest absolute Gasteiger partial charge is 0.462 e. The molecule has 34 heavy (non-hydrogen) atoms. The number of nitrogens with zero attached hydrogens (tertiary/aromatic N) is 5. The van der Waals surface area contributed by atoms with E-state index < -0.39 is 0 Å². The lowest BCUT2D eigenvalue weighted by atomic mass is 10.1. The SMILES string of the molecule is O=C(Nc1cc2sc(N3CCOCC3)nc2nc1N1CCCCC1)C1=COC(N2CCCC2)N1. The van der Waals surface area contributed by atoms with E-state index in [1.54, 1.807) is 11.3 Å². The van der Waals surface area contributed by atoms with Crippen molar-refractivity contribution >= 4 is 44.2 Å². The van der Waals surface area contributed by atoms with Crippen LogP contribution in [0.5, 0.6) is 0 Å². The van der Waals surface area contributed by atoms with Gasteiger partial charge in [0.2, 0.25) is 6.35 Å². The lowest BCUT2D eigenvalue weighted by Gasteiger charge is -2.29. The van der Waals surface area contributed by atoms with Gasteiger partial charge in [-0.05, 0) is 38.2 Å². The Morgan fingerprint density at radius 3 is 2.56 bits per heavy atom. The summed E-state index contributed by atoms with van der Waals surface area (Å²) in [4.78, 5) is 29.7. The van der Waals surface area contributed by atoms with Crippen LogP contribution in [0.15, 0.2) is 18.0 Å². The van der Waals surface area contributed by atoms with Crippen molar-refractivity contribution in [2.45, 2.75) is 38.5 Å². The summed E-state index contributed by atoms with van der Waals surface area (Å²) in [6.45, 7) is 6.93. The molecule has 0 aromatic carbocycles. The lowest BCUT2D eigenvalue weighted by Crippen LogP contribution is -2.43. The Labute approximate surface area is 202 Å². The van der Waals surface area contributed by atoms with E-state index in [1.165, 1.54) is 12.7 Å². The van der Waals surface area contributed by atoms with E-state index >= 15 is 0 Å². The molecule has 1 atom stereocenters. The number of pyridine rings is 1. The van der Waals surface area contributed by atoms with Crippen molar-refractivity contribution in [2.75, 3.05) is 67.6 Å². The van der Waals surface area contributed by atoms with Gasteiger partial charge in [0.25, 0.3) is 5.91 Å². The molecular weight excluding hydrogens is 454 g/mol. The molecule has 3 saturated heterocycles. The fourth-order valence-corrected chi connectivity index (χ4v) is 5.97. The number of thiazole rings is 1. The Hall–Kier alpha value is -2.63. The topological polar surface area (TPSA) is 95.1 Å². The molecule has 182 valence electrons. The molecule has 2 N–H and O–H groups in total. The third-order valence-corrected chi connectivity index (χ3v) is 7.90. The minimum absolute atomic E-state index is 0.209. The zero-order chi connectivity index (χ0) is 22.9. The number of carbonyl (C=O) groups is 1. The Morgan fingerprint density at radius 2 is 1.76 bits per heavy atom. The zero-order valence-electron chi connectivity index (χ0n) is 19.3. The minimum Gasteiger partial charge on any atom is -0.462 e. The summed E-state index contributed by atoms with van der Waals surface area (Å²) in [5.41, 5.74) is 1.91. The number of anilines is 3. The number of hydrogen-bond acceptors (Lipinski definition) is 10. The molecule has 4 aliphatic heterocycles. The third kappa shape index (κ3) is 4.39. The summed E-state index contributed by atoms with van der Waals surface area (Å²) >= 11 is 1.62. The van der Waals surface area contributed by atoms with Gasteiger partial charge in [-0.3, -0.25) is 9.69 Å². The molecule has 4 aliphatic rings. The molecule has 10 nitrogen and oxygen atoms in total. The van der Waals surface area contributed by atoms with Crippen LogP contribution in [0.1, 0.15) is 32.1 Å². The highest BCUT2D eigenvalue weighted by molar-refractivity contribution is 7.22. The maximum Gasteiger partial charge on any atom is 0.275 e. The summed E-state index contributed by atoms with van der Waals surface area (Å²) in [6, 6.07) is 2.03. The van der Waals surface area contributed by atoms with Gasteiger partial charge in [-0.15, -0.1) is 0 Å². The van der Waals surface area contributed by atoms with Crippen LogP contribution in [0.2, 0.25) is 0 Å². The van der Waals surface area contributed by atoms with Crippen molar-refractivity contribution < 1.29 is 14.3 Å². The Kier molecular flexibility index (Phi) is 6.15. The molecule has 0 radical (unpaired) electrons. The predicted molar refractivity (Wildman–Crippen MR) is 132 cm³/mol. The molecule has 2 aromatic heterocycles. The number of amides is 1. The van der Waals surface area contributed by atoms with Gasteiger partial charge in [-0.25, -0.2) is 4.98 Å². The molecule has 0 aliphatic carbocycles. The fourth-order valence-electron chi connectivity index (χ4n) is 4.97. The van der Waals surface area contributed by atoms with Gasteiger partial charge in [-0.2, -0.15) is 4.98 Å². The van der Waals surface area contributed by atoms with Crippen molar-refractivity contribution in [3.05, 3.63) is 18.0 Å². The van der Waals surface area contributed by atoms with Crippen LogP contribution >= 0.6 is 11.3 Å². The second-order valence-electron chi connectivity index (χ2n) is 9.19. The van der Waals surface area contributed by atoms with Gasteiger partial charge < -0.3 is 29.9 Å². The Bertz CT molecular complexity index is 1070. The van der Waals surface area contributed by atoms with Gasteiger partial charge in [-0.1, -0.05) is 11.3 Å². The van der Waals surface area contributed by atoms with Gasteiger partial charge in [0.15, 0.2) is 16.6 Å². The maximum atomic E-state index is 13.2. The second kappa shape index (κ2) is 9.55. The molecule has 1 amide bonds. The van der Waals surface area contributed by atoms with Crippen molar-refractivity contribution in [1.29, 1.82) is 0 Å². The van der Waals surface area contributed by atoms with Gasteiger partial charge in [0.05, 0.1) is 23.6 Å². The van der Waals surface area contributed by atoms with Crippen molar-refractivity contribution in [3.8, 4) is 0 Å². The highest BCUT2D eigenvalue weighted by atomic mass is 32.1. The van der Waals surface area contributed by atoms with Crippen LogP contribution in [-0.4, -0.2) is 79.6 Å². The van der Waals surface area contributed by atoms with Crippen molar-refractivity contribution in [1.82, 2.24) is 20.2 Å². The Balaban J connectivity index is 1.26. The minimum atomic E-state index is -0.261.